The number of aromatic nitrogens is 3. The summed E-state index contributed by atoms with van der Waals surface area (Å²) in [6.07, 6.45) is 3.02. The molecule has 9 aliphatic rings. The standard InChI is InChI=1S/C26H20F2N4O3.C18H12N2O3.C14H18BNO3.C12H24B2O4.C10H6BrNO2.C8H6BrNO.C8H11F2IN3O/c27-26(28)11-18(12-29)32(14-26)24(34)6-5-23(33)20-7-8-30-22-4-2-16(10-21(20)22)15-1-3-19-17(9-15)13-31-25(19)35;21-17-13-3-1-10(7-12(13)9-20-17)11-2-4-16-15(8-11)14(18(22)23)5-6-19-16;1-13(2)14(3,4)19-15(18-13)10-5-6-11-9(7-10)8-16-12(11)17;1-9(2)10(3,4)16-13(15-9)14-17-11(5,6)12(7,8)18-14;11-6-1-2-9-8(5-6)7(10(13)14)3-4-12-9;9-6-1-2-7-5(3-6)4-10-8(7)11;9-8(10)3-6(4-12)14(5-8)7(15)1-2-11-13/h1-4,7-10,18H,5-6,11,13-14H2,(H,31,35);1-8H,9H2,(H,20,21)(H,22,23);5-7H,8H2,1-4H3,(H,16,17);1-8H3;1-5H,(H,13,14);1-3H,4H2,(H,10,11);6H,1-3,5,13H2/q;;;;;;-1/t18-;;;;;;6-/m0.....0/s1. The predicted octanol–water partition coefficient (Wildman–Crippen LogP) is 11.7. The smallest absolute Gasteiger partial charge is 0.336 e. The van der Waals surface area contributed by atoms with Crippen LogP contribution in [-0.4, -0.2) is 184 Å². The average Bonchev–Trinajstić information content (AvgIpc) is 1.59. The Morgan fingerprint density at radius 3 is 1.18 bits per heavy atom. The second-order valence-electron chi connectivity index (χ2n) is 36.3. The number of nitrogens with one attached hydrogen (secondary N) is 4. The fraction of sp³-hybridized carbons (Fsp3) is 0.354. The molecular formula is C96H97B3Br2F4IN12O17-. The number of nitrogens with zero attached hydrogens (tertiary/aromatic N) is 7. The first-order chi connectivity index (χ1) is 63.5. The van der Waals surface area contributed by atoms with Gasteiger partial charge in [0.2, 0.25) is 5.91 Å². The molecule has 2 atom stereocenters. The van der Waals surface area contributed by atoms with Crippen molar-refractivity contribution >= 4 is 144 Å². The van der Waals surface area contributed by atoms with Crippen LogP contribution >= 0.6 is 31.9 Å². The minimum Gasteiger partial charge on any atom is -0.478 e. The topological polar surface area (TPSA) is 416 Å². The second-order valence-corrected chi connectivity index (χ2v) is 40.1. The Bertz CT molecular complexity index is 6400. The molecule has 0 saturated carbocycles. The number of fused-ring (bicyclic) bond motifs is 7. The van der Waals surface area contributed by atoms with E-state index < -0.39 is 103 Å². The van der Waals surface area contributed by atoms with Gasteiger partial charge in [-0.1, -0.05) is 68.3 Å². The molecule has 8 N–H and O–H groups in total. The van der Waals surface area contributed by atoms with Gasteiger partial charge in [0.15, 0.2) is 5.78 Å². The van der Waals surface area contributed by atoms with Crippen LogP contribution in [0.15, 0.2) is 173 Å². The summed E-state index contributed by atoms with van der Waals surface area (Å²) in [6.45, 7) is 25.1. The van der Waals surface area contributed by atoms with Gasteiger partial charge in [0, 0.05) is 117 Å². The van der Waals surface area contributed by atoms with Crippen LogP contribution in [0.2, 0.25) is 0 Å². The summed E-state index contributed by atoms with van der Waals surface area (Å²) in [5.74, 6) is -9.39. The summed E-state index contributed by atoms with van der Waals surface area (Å²) in [7, 11) is -1.32. The van der Waals surface area contributed by atoms with E-state index in [2.05, 4.69) is 68.1 Å². The molecule has 29 nitrogen and oxygen atoms in total. The second kappa shape index (κ2) is 40.4. The molecule has 0 radical (unpaired) electrons. The van der Waals surface area contributed by atoms with Crippen LogP contribution < -0.4 is 52.2 Å². The van der Waals surface area contributed by atoms with E-state index in [1.54, 1.807) is 48.5 Å². The number of carbonyl (C=O) groups excluding carboxylic acids is 7. The maximum Gasteiger partial charge on any atom is 0.336 e. The number of carboxylic acid groups (broad SMARTS) is 2. The number of nitrogens with two attached hydrogens (primary N) is 1. The van der Waals surface area contributed by atoms with E-state index in [9.17, 15) is 65.8 Å². The number of hydrogen-bond donors (Lipinski definition) is 7. The van der Waals surface area contributed by atoms with Crippen molar-refractivity contribution in [1.29, 1.82) is 10.5 Å². The van der Waals surface area contributed by atoms with Crippen LogP contribution in [0.25, 0.3) is 55.0 Å². The number of benzene rings is 7. The molecule has 135 heavy (non-hydrogen) atoms. The zero-order chi connectivity index (χ0) is 98.0. The summed E-state index contributed by atoms with van der Waals surface area (Å²) in [5.41, 5.74) is 12.1. The van der Waals surface area contributed by atoms with Gasteiger partial charge >= 0.3 is 130 Å². The fourth-order valence-corrected chi connectivity index (χ4v) is 17.5. The first kappa shape index (κ1) is 101. The first-order valence-electron chi connectivity index (χ1n) is 43.1. The number of alkyl halides is 5. The van der Waals surface area contributed by atoms with Crippen molar-refractivity contribution in [3.8, 4) is 34.4 Å². The SMILES string of the molecule is CC1(C)OB(B2OC(C)(C)C(C)(C)O2)OC1(C)C.CC1(C)OB(c2ccc3c(c2)CNC3=O)OC1(C)C.N#C[C@@H]1CC(F)(F)CN1C(=O)CCC(=O)c1ccnc2ccc(-c3ccc4c(c3)CNC4=O)cc12.N#C[C@@H]1CC(F)(F)CN1C(=O)CC[I-]N.O=C(O)c1ccnc2ccc(Br)cc12.O=C1NCc2cc(-c3ccc4nccc(C(=O)O)c4c3)ccc21.O=C1NCc2cc(Br)ccc21. The van der Waals surface area contributed by atoms with Gasteiger partial charge in [0.1, 0.15) is 6.04 Å². The Hall–Kier alpha value is -11.5. The van der Waals surface area contributed by atoms with E-state index in [0.717, 1.165) is 79.8 Å². The maximum atomic E-state index is 13.7. The quantitative estimate of drug-likeness (QED) is 0.0141. The molecule has 702 valence electrons. The number of rotatable bonds is 13. The summed E-state index contributed by atoms with van der Waals surface area (Å²) in [5, 5.41) is 49.0. The number of carboxylic acids is 2. The van der Waals surface area contributed by atoms with Crippen molar-refractivity contribution < 1.29 is 120 Å². The number of aromatic carboxylic acids is 2. The molecule has 6 amide bonds. The summed E-state index contributed by atoms with van der Waals surface area (Å²) < 4.78 is 96.9. The molecule has 5 fully saturated rings. The van der Waals surface area contributed by atoms with Gasteiger partial charge in [0.05, 0.1) is 73.9 Å². The molecule has 5 saturated heterocycles. The molecule has 7 aromatic carbocycles. The Morgan fingerprint density at radius 2 is 0.770 bits per heavy atom. The van der Waals surface area contributed by atoms with Gasteiger partial charge in [-0.15, -0.1) is 0 Å². The number of pyridine rings is 3. The van der Waals surface area contributed by atoms with Crippen LogP contribution in [-0.2, 0) is 63.7 Å². The molecule has 0 bridgehead atoms. The number of ketones is 1. The Morgan fingerprint density at radius 1 is 0.444 bits per heavy atom. The third kappa shape index (κ3) is 22.8. The van der Waals surface area contributed by atoms with Crippen molar-refractivity contribution in [2.75, 3.05) is 17.5 Å². The monoisotopic (exact) mass is 2080 g/mol. The van der Waals surface area contributed by atoms with Crippen LogP contribution in [0, 0.1) is 22.7 Å². The molecule has 10 aromatic rings. The molecule has 3 aromatic heterocycles. The third-order valence-corrected chi connectivity index (χ3v) is 27.7. The van der Waals surface area contributed by atoms with Gasteiger partial charge in [-0.3, -0.25) is 43.7 Å². The zero-order valence-electron chi connectivity index (χ0n) is 75.8. The van der Waals surface area contributed by atoms with Crippen molar-refractivity contribution in [2.24, 2.45) is 3.95 Å². The predicted molar refractivity (Wildman–Crippen MR) is 499 cm³/mol. The number of carbonyl (C=O) groups is 9. The third-order valence-electron chi connectivity index (χ3n) is 25.5. The maximum absolute atomic E-state index is 13.7. The number of Topliss-reactive ketones (excluding diaryl/α,β-unsaturated/α-hetero) is 1. The van der Waals surface area contributed by atoms with Gasteiger partial charge in [-0.2, -0.15) is 5.26 Å². The van der Waals surface area contributed by atoms with Crippen molar-refractivity contribution in [3.63, 3.8) is 0 Å². The summed E-state index contributed by atoms with van der Waals surface area (Å²) in [4.78, 5) is 120. The molecular weight excluding hydrogens is 1990 g/mol. The normalized spacial score (nSPS) is 19.4. The van der Waals surface area contributed by atoms with E-state index in [1.165, 1.54) is 30.7 Å². The van der Waals surface area contributed by atoms with Gasteiger partial charge < -0.3 is 64.3 Å². The fourth-order valence-electron chi connectivity index (χ4n) is 16.0. The van der Waals surface area contributed by atoms with Crippen LogP contribution in [0.4, 0.5) is 17.6 Å². The number of nitriles is 2. The molecule has 39 heteroatoms. The average molecular weight is 2090 g/mol. The van der Waals surface area contributed by atoms with Crippen LogP contribution in [0.1, 0.15) is 210 Å². The first-order valence-corrected chi connectivity index (χ1v) is 47.5. The number of hydrogen-bond acceptors (Lipinski definition) is 21. The van der Waals surface area contributed by atoms with E-state index >= 15 is 0 Å². The van der Waals surface area contributed by atoms with E-state index in [4.69, 9.17) is 47.5 Å². The molecule has 9 aliphatic heterocycles. The summed E-state index contributed by atoms with van der Waals surface area (Å²) >= 11 is 6.14. The van der Waals surface area contributed by atoms with E-state index in [1.807, 2.05) is 180 Å². The van der Waals surface area contributed by atoms with Gasteiger partial charge in [0.25, 0.3) is 29.6 Å². The van der Waals surface area contributed by atoms with Crippen LogP contribution in [0.5, 0.6) is 0 Å². The zero-order valence-corrected chi connectivity index (χ0v) is 81.2. The van der Waals surface area contributed by atoms with Crippen LogP contribution in [0.3, 0.4) is 0 Å². The Balaban J connectivity index is 0.000000138. The number of amides is 6. The minimum atomic E-state index is -3.10. The van der Waals surface area contributed by atoms with Crippen molar-refractivity contribution in [2.45, 2.75) is 199 Å². The number of halogens is 7. The number of likely N-dealkylation sites (tertiary alicyclic amines) is 2. The van der Waals surface area contributed by atoms with Gasteiger partial charge in [-0.25, -0.2) is 18.4 Å². The molecule has 19 rings (SSSR count). The van der Waals surface area contributed by atoms with Crippen molar-refractivity contribution in [3.05, 3.63) is 234 Å². The minimum absolute atomic E-state index is 0.00420. The van der Waals surface area contributed by atoms with Crippen molar-refractivity contribution in [1.82, 2.24) is 46.0 Å². The molecule has 0 unspecified atom stereocenters. The Kier molecular flexibility index (Phi) is 30.2. The molecule has 12 heterocycles. The van der Waals surface area contributed by atoms with Gasteiger partial charge in [-0.05, 0) is 242 Å². The van der Waals surface area contributed by atoms with E-state index in [-0.39, 0.29) is 106 Å². The molecule has 0 spiro atoms. The summed E-state index contributed by atoms with van der Waals surface area (Å²) in [6, 6.07) is 45.0. The Labute approximate surface area is 804 Å². The largest absolute Gasteiger partial charge is 0.478 e. The van der Waals surface area contributed by atoms with E-state index in [0.29, 0.717) is 80.0 Å². The molecule has 0 aliphatic carbocycles.